The van der Waals surface area contributed by atoms with Crippen LogP contribution in [0.4, 0.5) is 13.2 Å². The first-order valence-corrected chi connectivity index (χ1v) is 6.73. The molecule has 0 bridgehead atoms. The van der Waals surface area contributed by atoms with Crippen LogP contribution in [0.5, 0.6) is 11.6 Å². The van der Waals surface area contributed by atoms with Crippen LogP contribution in [0.2, 0.25) is 0 Å². The summed E-state index contributed by atoms with van der Waals surface area (Å²) in [6.07, 6.45) is -4.49. The molecule has 2 nitrogen and oxygen atoms in total. The molecule has 0 saturated carbocycles. The molecule has 0 N–H and O–H groups in total. The highest BCUT2D eigenvalue weighted by atomic mass is 35.5. The molecule has 0 spiro atoms. The van der Waals surface area contributed by atoms with E-state index in [4.69, 9.17) is 16.3 Å². The smallest absolute Gasteiger partial charge is 0.419 e. The summed E-state index contributed by atoms with van der Waals surface area (Å²) in [5, 5.41) is 0. The Morgan fingerprint density at radius 3 is 2.48 bits per heavy atom. The third-order valence-corrected chi connectivity index (χ3v) is 3.24. The summed E-state index contributed by atoms with van der Waals surface area (Å²) >= 11 is 5.84. The van der Waals surface area contributed by atoms with E-state index in [0.29, 0.717) is 11.3 Å². The Labute approximate surface area is 125 Å². The minimum Gasteiger partial charge on any atom is -0.438 e. The summed E-state index contributed by atoms with van der Waals surface area (Å²) in [5.74, 6) is -0.0594. The summed E-state index contributed by atoms with van der Waals surface area (Å²) in [7, 11) is 0. The first-order chi connectivity index (χ1) is 9.82. The largest absolute Gasteiger partial charge is 0.438 e. The lowest BCUT2D eigenvalue weighted by Gasteiger charge is -2.15. The van der Waals surface area contributed by atoms with Gasteiger partial charge in [0.05, 0.1) is 11.4 Å². The Morgan fingerprint density at radius 2 is 1.86 bits per heavy atom. The Kier molecular flexibility index (Phi) is 4.42. The molecule has 21 heavy (non-hydrogen) atoms. The highest BCUT2D eigenvalue weighted by Gasteiger charge is 2.34. The molecule has 0 aliphatic rings. The van der Waals surface area contributed by atoms with E-state index in [1.807, 2.05) is 6.92 Å². The number of ether oxygens (including phenoxy) is 1. The SMILES string of the molecule is Cc1cc(C)c(CCl)c(Oc2ccccc2C(F)(F)F)n1. The van der Waals surface area contributed by atoms with Crippen molar-refractivity contribution in [2.75, 3.05) is 0 Å². The van der Waals surface area contributed by atoms with Gasteiger partial charge >= 0.3 is 6.18 Å². The van der Waals surface area contributed by atoms with Gasteiger partial charge in [0.25, 0.3) is 0 Å². The second-order valence-electron chi connectivity index (χ2n) is 4.59. The molecule has 1 aromatic heterocycles. The first-order valence-electron chi connectivity index (χ1n) is 6.20. The van der Waals surface area contributed by atoms with Gasteiger partial charge in [0.1, 0.15) is 5.75 Å². The van der Waals surface area contributed by atoms with Crippen molar-refractivity contribution >= 4 is 11.6 Å². The second-order valence-corrected chi connectivity index (χ2v) is 4.86. The van der Waals surface area contributed by atoms with Gasteiger partial charge in [-0.1, -0.05) is 12.1 Å². The zero-order valence-electron chi connectivity index (χ0n) is 11.5. The van der Waals surface area contributed by atoms with E-state index in [-0.39, 0.29) is 17.5 Å². The van der Waals surface area contributed by atoms with Crippen molar-refractivity contribution in [2.24, 2.45) is 0 Å². The lowest BCUT2D eigenvalue weighted by Crippen LogP contribution is -2.08. The van der Waals surface area contributed by atoms with Crippen LogP contribution in [0.25, 0.3) is 0 Å². The third-order valence-electron chi connectivity index (χ3n) is 2.97. The number of aromatic nitrogens is 1. The number of hydrogen-bond donors (Lipinski definition) is 0. The number of aryl methyl sites for hydroxylation is 2. The zero-order valence-corrected chi connectivity index (χ0v) is 12.2. The molecule has 0 atom stereocenters. The van der Waals surface area contributed by atoms with E-state index in [1.165, 1.54) is 18.2 Å². The first kappa shape index (κ1) is 15.6. The van der Waals surface area contributed by atoms with Crippen molar-refractivity contribution in [2.45, 2.75) is 25.9 Å². The molecule has 1 aromatic carbocycles. The van der Waals surface area contributed by atoms with Crippen LogP contribution in [0.1, 0.15) is 22.4 Å². The van der Waals surface area contributed by atoms with Crippen molar-refractivity contribution in [3.05, 3.63) is 52.7 Å². The molecule has 0 saturated heterocycles. The summed E-state index contributed by atoms with van der Waals surface area (Å²) in [6, 6.07) is 6.83. The van der Waals surface area contributed by atoms with E-state index in [2.05, 4.69) is 4.98 Å². The lowest BCUT2D eigenvalue weighted by atomic mass is 10.1. The zero-order chi connectivity index (χ0) is 15.6. The summed E-state index contributed by atoms with van der Waals surface area (Å²) < 4.78 is 44.3. The molecule has 2 rings (SSSR count). The van der Waals surface area contributed by atoms with Gasteiger partial charge in [0.2, 0.25) is 5.88 Å². The topological polar surface area (TPSA) is 22.1 Å². The second kappa shape index (κ2) is 5.93. The van der Waals surface area contributed by atoms with E-state index in [1.54, 1.807) is 13.0 Å². The normalized spacial score (nSPS) is 11.5. The molecule has 0 fully saturated rings. The number of hydrogen-bond acceptors (Lipinski definition) is 2. The summed E-state index contributed by atoms with van der Waals surface area (Å²) in [4.78, 5) is 4.15. The maximum absolute atomic E-state index is 13.0. The molecule has 2 aromatic rings. The predicted octanol–water partition coefficient (Wildman–Crippen LogP) is 5.25. The molecular formula is C15H13ClF3NO. The third kappa shape index (κ3) is 3.47. The van der Waals surface area contributed by atoms with Gasteiger partial charge in [-0.15, -0.1) is 11.6 Å². The van der Waals surface area contributed by atoms with Crippen molar-refractivity contribution in [3.8, 4) is 11.6 Å². The van der Waals surface area contributed by atoms with E-state index in [9.17, 15) is 13.2 Å². The molecule has 0 amide bonds. The minimum atomic E-state index is -4.49. The van der Waals surface area contributed by atoms with E-state index < -0.39 is 11.7 Å². The Balaban J connectivity index is 2.49. The number of nitrogens with zero attached hydrogens (tertiary/aromatic N) is 1. The predicted molar refractivity (Wildman–Crippen MR) is 74.8 cm³/mol. The maximum atomic E-state index is 13.0. The Morgan fingerprint density at radius 1 is 1.19 bits per heavy atom. The van der Waals surface area contributed by atoms with Crippen LogP contribution in [0, 0.1) is 13.8 Å². The van der Waals surface area contributed by atoms with Gasteiger partial charge in [-0.3, -0.25) is 0 Å². The lowest BCUT2D eigenvalue weighted by molar-refractivity contribution is -0.138. The van der Waals surface area contributed by atoms with Gasteiger partial charge in [0, 0.05) is 11.3 Å². The Bertz CT molecular complexity index is 656. The molecule has 0 unspecified atom stereocenters. The van der Waals surface area contributed by atoms with Gasteiger partial charge in [-0.05, 0) is 37.6 Å². The maximum Gasteiger partial charge on any atom is 0.419 e. The highest BCUT2D eigenvalue weighted by molar-refractivity contribution is 6.17. The molecule has 0 radical (unpaired) electrons. The summed E-state index contributed by atoms with van der Waals surface area (Å²) in [5.41, 5.74) is 1.23. The number of rotatable bonds is 3. The molecule has 0 aliphatic carbocycles. The van der Waals surface area contributed by atoms with Crippen molar-refractivity contribution in [3.63, 3.8) is 0 Å². The van der Waals surface area contributed by atoms with Gasteiger partial charge < -0.3 is 4.74 Å². The molecule has 0 aliphatic heterocycles. The highest BCUT2D eigenvalue weighted by Crippen LogP contribution is 2.38. The fourth-order valence-corrected chi connectivity index (χ4v) is 2.30. The van der Waals surface area contributed by atoms with Crippen LogP contribution < -0.4 is 4.74 Å². The number of pyridine rings is 1. The fraction of sp³-hybridized carbons (Fsp3) is 0.267. The van der Waals surface area contributed by atoms with Crippen LogP contribution in [0.3, 0.4) is 0 Å². The van der Waals surface area contributed by atoms with Crippen LogP contribution in [-0.2, 0) is 12.1 Å². The van der Waals surface area contributed by atoms with Crippen LogP contribution in [-0.4, -0.2) is 4.98 Å². The fourth-order valence-electron chi connectivity index (χ4n) is 1.97. The van der Waals surface area contributed by atoms with E-state index in [0.717, 1.165) is 11.6 Å². The van der Waals surface area contributed by atoms with Gasteiger partial charge in [0.15, 0.2) is 0 Å². The van der Waals surface area contributed by atoms with Crippen molar-refractivity contribution in [1.29, 1.82) is 0 Å². The van der Waals surface area contributed by atoms with Gasteiger partial charge in [-0.25, -0.2) is 4.98 Å². The van der Waals surface area contributed by atoms with E-state index >= 15 is 0 Å². The number of halogens is 4. The summed E-state index contributed by atoms with van der Waals surface area (Å²) in [6.45, 7) is 3.56. The van der Waals surface area contributed by atoms with Crippen LogP contribution in [0.15, 0.2) is 30.3 Å². The monoisotopic (exact) mass is 315 g/mol. The van der Waals surface area contributed by atoms with Crippen LogP contribution >= 0.6 is 11.6 Å². The molecule has 112 valence electrons. The van der Waals surface area contributed by atoms with Crippen molar-refractivity contribution < 1.29 is 17.9 Å². The minimum absolute atomic E-state index is 0.110. The molecule has 1 heterocycles. The average molecular weight is 316 g/mol. The average Bonchev–Trinajstić information content (AvgIpc) is 2.37. The number of alkyl halides is 4. The Hall–Kier alpha value is -1.75. The number of para-hydroxylation sites is 1. The van der Waals surface area contributed by atoms with Gasteiger partial charge in [-0.2, -0.15) is 13.2 Å². The quantitative estimate of drug-likeness (QED) is 0.722. The molecular weight excluding hydrogens is 303 g/mol. The molecule has 6 heteroatoms. The standard InChI is InChI=1S/C15H13ClF3NO/c1-9-7-10(2)20-14(11(9)8-16)21-13-6-4-3-5-12(13)15(17,18)19/h3-7H,8H2,1-2H3. The van der Waals surface area contributed by atoms with Crippen molar-refractivity contribution in [1.82, 2.24) is 4.98 Å². The number of benzene rings is 1.